The molecule has 1 fully saturated rings. The van der Waals surface area contributed by atoms with Crippen molar-refractivity contribution in [3.8, 4) is 0 Å². The maximum Gasteiger partial charge on any atom is 0.341 e. The SMILES string of the molecule is CCOC(=C=O)/C(=C1/CC[C@H](C(=O)OC)N1)[N+](=O)[O-]. The fourth-order valence-corrected chi connectivity index (χ4v) is 1.77. The summed E-state index contributed by atoms with van der Waals surface area (Å²) in [6.07, 6.45) is 0.617. The molecule has 8 nitrogen and oxygen atoms in total. The van der Waals surface area contributed by atoms with E-state index in [4.69, 9.17) is 4.74 Å². The van der Waals surface area contributed by atoms with Crippen molar-refractivity contribution in [1.82, 2.24) is 5.32 Å². The number of nitro groups is 1. The van der Waals surface area contributed by atoms with Crippen molar-refractivity contribution in [2.45, 2.75) is 25.8 Å². The molecule has 0 radical (unpaired) electrons. The van der Waals surface area contributed by atoms with Gasteiger partial charge in [-0.2, -0.15) is 0 Å². The molecule has 0 aromatic heterocycles. The van der Waals surface area contributed by atoms with E-state index in [1.54, 1.807) is 6.92 Å². The summed E-state index contributed by atoms with van der Waals surface area (Å²) in [5.74, 6) is 0.428. The molecule has 0 aromatic rings. The van der Waals surface area contributed by atoms with Crippen molar-refractivity contribution in [2.24, 2.45) is 0 Å². The number of hydrogen-bond donors (Lipinski definition) is 1. The highest BCUT2D eigenvalue weighted by Gasteiger charge is 2.34. The number of nitrogens with one attached hydrogen (secondary N) is 1. The number of hydrogen-bond acceptors (Lipinski definition) is 7. The number of allylic oxidation sites excluding steroid dienone is 1. The maximum atomic E-state index is 11.3. The van der Waals surface area contributed by atoms with E-state index in [0.29, 0.717) is 6.42 Å². The van der Waals surface area contributed by atoms with Crippen molar-refractivity contribution < 1.29 is 24.0 Å². The van der Waals surface area contributed by atoms with Gasteiger partial charge in [0, 0.05) is 0 Å². The summed E-state index contributed by atoms with van der Waals surface area (Å²) in [4.78, 5) is 32.3. The van der Waals surface area contributed by atoms with Crippen LogP contribution in [-0.4, -0.2) is 36.6 Å². The van der Waals surface area contributed by atoms with Gasteiger partial charge < -0.3 is 14.8 Å². The van der Waals surface area contributed by atoms with Crippen molar-refractivity contribution in [1.29, 1.82) is 0 Å². The molecule has 1 atom stereocenters. The number of esters is 1. The molecule has 8 heteroatoms. The standard InChI is InChI=1S/C11H14N2O6/c1-3-19-9(6-14)10(13(16)17)7-4-5-8(12-7)11(15)18-2/h8,12H,3-5H2,1-2H3/b10-7+/t8-/m1/s1. The lowest BCUT2D eigenvalue weighted by atomic mass is 10.2. The van der Waals surface area contributed by atoms with Crippen LogP contribution in [0.2, 0.25) is 0 Å². The lowest BCUT2D eigenvalue weighted by Gasteiger charge is -2.09. The number of carbonyl (C=O) groups excluding carboxylic acids is 2. The van der Waals surface area contributed by atoms with Gasteiger partial charge in [0.15, 0.2) is 5.94 Å². The van der Waals surface area contributed by atoms with E-state index in [-0.39, 0.29) is 18.7 Å². The van der Waals surface area contributed by atoms with Crippen LogP contribution in [0.25, 0.3) is 0 Å². The first-order valence-electron chi connectivity index (χ1n) is 5.65. The van der Waals surface area contributed by atoms with Gasteiger partial charge in [0.1, 0.15) is 6.04 Å². The van der Waals surface area contributed by atoms with Gasteiger partial charge in [-0.1, -0.05) is 0 Å². The monoisotopic (exact) mass is 270 g/mol. The van der Waals surface area contributed by atoms with E-state index < -0.39 is 28.4 Å². The van der Waals surface area contributed by atoms with Crippen molar-refractivity contribution in [2.75, 3.05) is 13.7 Å². The van der Waals surface area contributed by atoms with Crippen LogP contribution < -0.4 is 5.32 Å². The second kappa shape index (κ2) is 6.55. The van der Waals surface area contributed by atoms with Crippen LogP contribution >= 0.6 is 0 Å². The van der Waals surface area contributed by atoms with Gasteiger partial charge in [0.25, 0.3) is 5.76 Å². The third kappa shape index (κ3) is 3.32. The Kier molecular flexibility index (Phi) is 5.08. The Morgan fingerprint density at radius 1 is 1.63 bits per heavy atom. The van der Waals surface area contributed by atoms with E-state index >= 15 is 0 Å². The first kappa shape index (κ1) is 14.7. The Morgan fingerprint density at radius 3 is 2.79 bits per heavy atom. The van der Waals surface area contributed by atoms with Gasteiger partial charge in [0.05, 0.1) is 24.3 Å². The molecule has 19 heavy (non-hydrogen) atoms. The second-order valence-corrected chi connectivity index (χ2v) is 3.71. The zero-order chi connectivity index (χ0) is 14.4. The lowest BCUT2D eigenvalue weighted by Crippen LogP contribution is -2.32. The van der Waals surface area contributed by atoms with E-state index in [2.05, 4.69) is 10.1 Å². The van der Waals surface area contributed by atoms with Crippen LogP contribution in [0.5, 0.6) is 0 Å². The van der Waals surface area contributed by atoms with E-state index in [0.717, 1.165) is 0 Å². The van der Waals surface area contributed by atoms with E-state index in [1.165, 1.54) is 13.1 Å². The number of methoxy groups -OCH3 is 1. The van der Waals surface area contributed by atoms with Crippen molar-refractivity contribution in [3.63, 3.8) is 0 Å². The van der Waals surface area contributed by atoms with Crippen LogP contribution in [0.15, 0.2) is 17.2 Å². The molecule has 1 heterocycles. The maximum absolute atomic E-state index is 11.3. The third-order valence-electron chi connectivity index (χ3n) is 2.58. The zero-order valence-electron chi connectivity index (χ0n) is 10.6. The van der Waals surface area contributed by atoms with Crippen LogP contribution in [0.1, 0.15) is 19.8 Å². The molecule has 0 unspecified atom stereocenters. The van der Waals surface area contributed by atoms with Crippen molar-refractivity contribution >= 4 is 11.9 Å². The summed E-state index contributed by atoms with van der Waals surface area (Å²) in [6, 6.07) is -0.649. The largest absolute Gasteiger partial charge is 0.479 e. The quantitative estimate of drug-likeness (QED) is 0.249. The highest BCUT2D eigenvalue weighted by atomic mass is 16.6. The fourth-order valence-electron chi connectivity index (χ4n) is 1.77. The summed E-state index contributed by atoms with van der Waals surface area (Å²) < 4.78 is 9.43. The van der Waals surface area contributed by atoms with Gasteiger partial charge in [-0.15, -0.1) is 0 Å². The average molecular weight is 270 g/mol. The summed E-state index contributed by atoms with van der Waals surface area (Å²) in [5, 5.41) is 13.7. The minimum atomic E-state index is -0.724. The van der Waals surface area contributed by atoms with Gasteiger partial charge in [0.2, 0.25) is 0 Å². The van der Waals surface area contributed by atoms with Crippen molar-refractivity contribution in [3.05, 3.63) is 27.3 Å². The molecular weight excluding hydrogens is 256 g/mol. The molecule has 0 bridgehead atoms. The average Bonchev–Trinajstić information content (AvgIpc) is 2.86. The van der Waals surface area contributed by atoms with E-state index in [9.17, 15) is 19.7 Å². The second-order valence-electron chi connectivity index (χ2n) is 3.71. The van der Waals surface area contributed by atoms with Crippen LogP contribution in [0, 0.1) is 10.1 Å². The summed E-state index contributed by atoms with van der Waals surface area (Å²) >= 11 is 0. The van der Waals surface area contributed by atoms with Gasteiger partial charge in [-0.05, 0) is 19.8 Å². The molecule has 1 N–H and O–H groups in total. The predicted octanol–water partition coefficient (Wildman–Crippen LogP) is 0.152. The van der Waals surface area contributed by atoms with Crippen LogP contribution in [0.4, 0.5) is 0 Å². The summed E-state index contributed by atoms with van der Waals surface area (Å²) in [5.41, 5.74) is -0.310. The first-order chi connectivity index (χ1) is 9.04. The van der Waals surface area contributed by atoms with E-state index in [1.807, 2.05) is 0 Å². The number of ether oxygens (including phenoxy) is 2. The van der Waals surface area contributed by atoms with Crippen LogP contribution in [0.3, 0.4) is 0 Å². The number of nitrogens with zero attached hydrogens (tertiary/aromatic N) is 1. The molecule has 1 aliphatic heterocycles. The molecule has 104 valence electrons. The van der Waals surface area contributed by atoms with Crippen LogP contribution in [-0.2, 0) is 19.1 Å². The van der Waals surface area contributed by atoms with Gasteiger partial charge in [-0.3, -0.25) is 10.1 Å². The first-order valence-corrected chi connectivity index (χ1v) is 5.65. The Hall–Kier alpha value is -2.34. The molecule has 1 rings (SSSR count). The topological polar surface area (TPSA) is 108 Å². The molecule has 0 amide bonds. The molecule has 0 aromatic carbocycles. The Balaban J connectivity index is 3.06. The molecule has 0 aliphatic carbocycles. The molecule has 1 saturated heterocycles. The molecular formula is C11H14N2O6. The Bertz CT molecular complexity index is 464. The lowest BCUT2D eigenvalue weighted by molar-refractivity contribution is -0.425. The minimum absolute atomic E-state index is 0.107. The normalized spacial score (nSPS) is 20.0. The highest BCUT2D eigenvalue weighted by Crippen LogP contribution is 2.24. The zero-order valence-corrected chi connectivity index (χ0v) is 10.6. The van der Waals surface area contributed by atoms with Gasteiger partial charge in [-0.25, -0.2) is 9.59 Å². The molecule has 1 aliphatic rings. The predicted molar refractivity (Wildman–Crippen MR) is 63.0 cm³/mol. The molecule has 0 spiro atoms. The van der Waals surface area contributed by atoms with Gasteiger partial charge >= 0.3 is 11.7 Å². The smallest absolute Gasteiger partial charge is 0.341 e. The molecule has 0 saturated carbocycles. The number of rotatable bonds is 5. The third-order valence-corrected chi connectivity index (χ3v) is 2.58. The number of carbonyl (C=O) groups is 1. The summed E-state index contributed by atoms with van der Waals surface area (Å²) in [7, 11) is 1.23. The highest BCUT2D eigenvalue weighted by molar-refractivity contribution is 5.76. The Labute approximate surface area is 109 Å². The Morgan fingerprint density at radius 2 is 2.32 bits per heavy atom. The minimum Gasteiger partial charge on any atom is -0.479 e. The summed E-state index contributed by atoms with van der Waals surface area (Å²) in [6.45, 7) is 1.70. The fraction of sp³-hybridized carbons (Fsp3) is 0.545.